The summed E-state index contributed by atoms with van der Waals surface area (Å²) >= 11 is 0.798. The summed E-state index contributed by atoms with van der Waals surface area (Å²) in [7, 11) is 0. The molecule has 0 atom stereocenters. The molecule has 0 aromatic heterocycles. The predicted octanol–water partition coefficient (Wildman–Crippen LogP) is 4.92. The van der Waals surface area contributed by atoms with Crippen molar-refractivity contribution in [2.75, 3.05) is 4.43 Å². The van der Waals surface area contributed by atoms with Crippen molar-refractivity contribution < 1.29 is 48.3 Å². The van der Waals surface area contributed by atoms with Crippen LogP contribution in [-0.4, -0.2) is 34.3 Å². The average Bonchev–Trinajstić information content (AvgIpc) is 2.13. The summed E-state index contributed by atoms with van der Waals surface area (Å²) in [4.78, 5) is 0. The molecule has 0 aliphatic carbocycles. The molecule has 0 aromatic carbocycles. The molecule has 0 saturated carbocycles. The van der Waals surface area contributed by atoms with Gasteiger partial charge in [0, 0.05) is 0 Å². The average molecular weight is 424 g/mol. The van der Waals surface area contributed by atoms with Crippen molar-refractivity contribution in [3.8, 4) is 0 Å². The van der Waals surface area contributed by atoms with E-state index in [-0.39, 0.29) is 0 Å². The van der Waals surface area contributed by atoms with E-state index in [1.54, 1.807) is 0 Å². The molecule has 0 N–H and O–H groups in total. The number of hydrogen-bond donors (Lipinski definition) is 0. The molecule has 0 fully saturated rings. The first-order valence-corrected chi connectivity index (χ1v) is 5.68. The minimum atomic E-state index is -7.13. The fourth-order valence-electron chi connectivity index (χ4n) is 0.891. The first-order valence-electron chi connectivity index (χ1n) is 4.16. The molecule has 0 bridgehead atoms. The molecule has 0 spiro atoms. The molecule has 0 amide bonds. The Kier molecular flexibility index (Phi) is 5.05. The zero-order valence-electron chi connectivity index (χ0n) is 8.45. The summed E-state index contributed by atoms with van der Waals surface area (Å²) in [5.41, 5.74) is 0. The molecule has 116 valence electrons. The van der Waals surface area contributed by atoms with Crippen LogP contribution in [0.15, 0.2) is 0 Å². The highest BCUT2D eigenvalue weighted by Gasteiger charge is 2.82. The van der Waals surface area contributed by atoms with Crippen molar-refractivity contribution in [1.29, 1.82) is 0 Å². The lowest BCUT2D eigenvalue weighted by Gasteiger charge is -2.34. The van der Waals surface area contributed by atoms with Gasteiger partial charge in [0.1, 0.15) is 0 Å². The molecule has 12 heteroatoms. The van der Waals surface area contributed by atoms with Gasteiger partial charge in [-0.2, -0.15) is 39.5 Å². The Morgan fingerprint density at radius 3 is 1.26 bits per heavy atom. The zero-order chi connectivity index (χ0) is 15.9. The van der Waals surface area contributed by atoms with Crippen LogP contribution < -0.4 is 0 Å². The zero-order valence-corrected chi connectivity index (χ0v) is 10.6. The molecule has 0 radical (unpaired) electrons. The summed E-state index contributed by atoms with van der Waals surface area (Å²) in [6, 6.07) is 0. The fraction of sp³-hybridized carbons (Fsp3) is 1.00. The third-order valence-electron chi connectivity index (χ3n) is 1.89. The van der Waals surface area contributed by atoms with Crippen LogP contribution in [0.25, 0.3) is 0 Å². The monoisotopic (exact) mass is 424 g/mol. The second kappa shape index (κ2) is 5.06. The van der Waals surface area contributed by atoms with Crippen LogP contribution in [0.1, 0.15) is 6.42 Å². The van der Waals surface area contributed by atoms with Crippen LogP contribution in [0.3, 0.4) is 0 Å². The largest absolute Gasteiger partial charge is 0.460 e. The Labute approximate surface area is 112 Å². The number of alkyl halides is 12. The van der Waals surface area contributed by atoms with Crippen molar-refractivity contribution in [1.82, 2.24) is 0 Å². The van der Waals surface area contributed by atoms with Crippen molar-refractivity contribution >= 4 is 22.6 Å². The molecule has 0 rings (SSSR count). The second-order valence-corrected chi connectivity index (χ2v) is 4.28. The van der Waals surface area contributed by atoms with Crippen molar-refractivity contribution in [3.63, 3.8) is 0 Å². The van der Waals surface area contributed by atoms with E-state index < -0.39 is 40.7 Å². The highest BCUT2D eigenvalue weighted by atomic mass is 127. The lowest BCUT2D eigenvalue weighted by Crippen LogP contribution is -2.62. The summed E-state index contributed by atoms with van der Waals surface area (Å²) in [5, 5.41) is 0. The van der Waals surface area contributed by atoms with E-state index in [1.165, 1.54) is 0 Å². The maximum absolute atomic E-state index is 12.7. The summed E-state index contributed by atoms with van der Waals surface area (Å²) < 4.78 is 134. The highest BCUT2D eigenvalue weighted by molar-refractivity contribution is 14.1. The number of hydrogen-bond acceptors (Lipinski definition) is 0. The van der Waals surface area contributed by atoms with Gasteiger partial charge in [0.25, 0.3) is 5.92 Å². The van der Waals surface area contributed by atoms with Crippen LogP contribution in [0.2, 0.25) is 0 Å². The SMILES string of the molecule is FC(F)(CI)CC(F)(F)C(F)(F)C(F)(F)C(F)(F)F. The van der Waals surface area contributed by atoms with Crippen LogP contribution in [-0.2, 0) is 0 Å². The third kappa shape index (κ3) is 3.54. The standard InChI is InChI=1S/C7H4F11I/c8-3(9,2-19)1-4(10,11)5(12,13)6(14,15)7(16,17)18/h1-2H2. The van der Waals surface area contributed by atoms with Gasteiger partial charge in [0.15, 0.2) is 0 Å². The van der Waals surface area contributed by atoms with Gasteiger partial charge in [0.05, 0.1) is 10.8 Å². The Morgan fingerprint density at radius 2 is 1.00 bits per heavy atom. The second-order valence-electron chi connectivity index (χ2n) is 3.52. The van der Waals surface area contributed by atoms with Gasteiger partial charge >= 0.3 is 23.9 Å². The number of halogens is 12. The quantitative estimate of drug-likeness (QED) is 0.334. The lowest BCUT2D eigenvalue weighted by atomic mass is 9.98. The smallest absolute Gasteiger partial charge is 0.206 e. The Morgan fingerprint density at radius 1 is 0.632 bits per heavy atom. The minimum Gasteiger partial charge on any atom is -0.206 e. The van der Waals surface area contributed by atoms with E-state index in [4.69, 9.17) is 0 Å². The molecule has 0 heterocycles. The maximum Gasteiger partial charge on any atom is 0.460 e. The van der Waals surface area contributed by atoms with Gasteiger partial charge in [-0.05, 0) is 0 Å². The van der Waals surface area contributed by atoms with E-state index >= 15 is 0 Å². The molecule has 19 heavy (non-hydrogen) atoms. The number of rotatable bonds is 5. The van der Waals surface area contributed by atoms with E-state index in [1.807, 2.05) is 0 Å². The van der Waals surface area contributed by atoms with Gasteiger partial charge in [0.2, 0.25) is 0 Å². The summed E-state index contributed by atoms with van der Waals surface area (Å²) in [6.45, 7) is 0. The van der Waals surface area contributed by atoms with Crippen LogP contribution >= 0.6 is 22.6 Å². The van der Waals surface area contributed by atoms with E-state index in [2.05, 4.69) is 0 Å². The Bertz CT molecular complexity index is 317. The topological polar surface area (TPSA) is 0 Å². The molecule has 0 nitrogen and oxygen atoms in total. The van der Waals surface area contributed by atoms with Gasteiger partial charge in [-0.15, -0.1) is 0 Å². The maximum atomic E-state index is 12.7. The van der Waals surface area contributed by atoms with Gasteiger partial charge in [-0.25, -0.2) is 8.78 Å². The van der Waals surface area contributed by atoms with Crippen LogP contribution in [0, 0.1) is 0 Å². The van der Waals surface area contributed by atoms with E-state index in [0.717, 1.165) is 22.6 Å². The third-order valence-corrected chi connectivity index (χ3v) is 3.00. The van der Waals surface area contributed by atoms with Crippen molar-refractivity contribution in [3.05, 3.63) is 0 Å². The van der Waals surface area contributed by atoms with Crippen LogP contribution in [0.4, 0.5) is 48.3 Å². The normalized spacial score (nSPS) is 15.8. The van der Waals surface area contributed by atoms with Gasteiger partial charge in [-0.3, -0.25) is 0 Å². The Hall–Kier alpha value is -0.0400. The molecule has 0 unspecified atom stereocenters. The molecule has 0 saturated heterocycles. The summed E-state index contributed by atoms with van der Waals surface area (Å²) in [5.74, 6) is -24.9. The van der Waals surface area contributed by atoms with E-state index in [9.17, 15) is 48.3 Å². The van der Waals surface area contributed by atoms with Gasteiger partial charge in [-0.1, -0.05) is 22.6 Å². The highest BCUT2D eigenvalue weighted by Crippen LogP contribution is 2.55. The summed E-state index contributed by atoms with van der Waals surface area (Å²) in [6.07, 6.45) is -10.1. The molecular formula is C7H4F11I. The molecular weight excluding hydrogens is 420 g/mol. The first kappa shape index (κ1) is 19.0. The molecule has 0 aliphatic heterocycles. The first-order chi connectivity index (χ1) is 8.02. The molecule has 0 aliphatic rings. The molecule has 0 aromatic rings. The van der Waals surface area contributed by atoms with Gasteiger partial charge < -0.3 is 0 Å². The van der Waals surface area contributed by atoms with Crippen molar-refractivity contribution in [2.24, 2.45) is 0 Å². The fourth-order valence-corrected chi connectivity index (χ4v) is 1.16. The Balaban J connectivity index is 5.52. The lowest BCUT2D eigenvalue weighted by molar-refractivity contribution is -0.400. The van der Waals surface area contributed by atoms with Crippen molar-refractivity contribution in [2.45, 2.75) is 36.3 Å². The minimum absolute atomic E-state index is 0.798. The van der Waals surface area contributed by atoms with Crippen LogP contribution in [0.5, 0.6) is 0 Å². The predicted molar refractivity (Wildman–Crippen MR) is 49.3 cm³/mol. The van der Waals surface area contributed by atoms with E-state index in [0.29, 0.717) is 0 Å².